The van der Waals surface area contributed by atoms with Crippen molar-refractivity contribution in [1.29, 1.82) is 0 Å². The summed E-state index contributed by atoms with van der Waals surface area (Å²) < 4.78 is 77.5. The third kappa shape index (κ3) is 2.99. The Kier molecular flexibility index (Phi) is 4.50. The van der Waals surface area contributed by atoms with Crippen LogP contribution in [-0.2, 0) is 9.53 Å². The summed E-state index contributed by atoms with van der Waals surface area (Å²) in [7, 11) is 0. The first-order valence-corrected chi connectivity index (χ1v) is 4.19. The van der Waals surface area contributed by atoms with Crippen LogP contribution in [0.25, 0.3) is 0 Å². The minimum absolute atomic E-state index is 0.417. The van der Waals surface area contributed by atoms with Crippen LogP contribution in [0.15, 0.2) is 17.3 Å². The molecule has 0 spiro atoms. The molecule has 0 bridgehead atoms. The molecule has 10 heteroatoms. The second-order valence-corrected chi connectivity index (χ2v) is 3.30. The number of carbonyl (C=O) groups excluding carboxylic acids is 1. The number of hydrogen-bond donors (Lipinski definition) is 0. The largest absolute Gasteiger partial charge is 0.459 e. The molecule has 0 saturated carbocycles. The van der Waals surface area contributed by atoms with Gasteiger partial charge in [0.2, 0.25) is 0 Å². The smallest absolute Gasteiger partial charge is 0.429 e. The quantitative estimate of drug-likeness (QED) is 0.344. The summed E-state index contributed by atoms with van der Waals surface area (Å²) in [6.07, 6.45) is -12.1. The minimum Gasteiger partial charge on any atom is -0.459 e. The predicted octanol–water partition coefficient (Wildman–Crippen LogP) is 2.74. The van der Waals surface area contributed by atoms with Crippen LogP contribution in [0, 0.1) is 4.91 Å². The van der Waals surface area contributed by atoms with Crippen LogP contribution in [0.2, 0.25) is 0 Å². The molecule has 0 aromatic carbocycles. The molecule has 18 heavy (non-hydrogen) atoms. The highest BCUT2D eigenvalue weighted by molar-refractivity contribution is 5.86. The highest BCUT2D eigenvalue weighted by Crippen LogP contribution is 2.46. The van der Waals surface area contributed by atoms with E-state index in [4.69, 9.17) is 0 Å². The molecule has 0 aliphatic heterocycles. The molecule has 0 heterocycles. The standard InChI is InChI=1S/C8H7F6NO3/c1-4(2)5(16)18-3-6(15-17,7(9,10)11)8(12,13)14/h1,3H2,2H3. The van der Waals surface area contributed by atoms with Crippen LogP contribution in [-0.4, -0.2) is 30.5 Å². The van der Waals surface area contributed by atoms with Gasteiger partial charge in [-0.3, -0.25) is 0 Å². The van der Waals surface area contributed by atoms with E-state index in [1.165, 1.54) is 0 Å². The molecule has 4 nitrogen and oxygen atoms in total. The van der Waals surface area contributed by atoms with Crippen molar-refractivity contribution in [2.45, 2.75) is 24.8 Å². The SMILES string of the molecule is C=C(C)C(=O)OCC(N=O)(C(F)(F)F)C(F)(F)F. The zero-order valence-corrected chi connectivity index (χ0v) is 8.85. The normalized spacial score (nSPS) is 13.1. The van der Waals surface area contributed by atoms with Crippen molar-refractivity contribution < 1.29 is 35.9 Å². The van der Waals surface area contributed by atoms with E-state index in [2.05, 4.69) is 11.3 Å². The lowest BCUT2D eigenvalue weighted by molar-refractivity contribution is -0.303. The van der Waals surface area contributed by atoms with Crippen molar-refractivity contribution in [1.82, 2.24) is 0 Å². The van der Waals surface area contributed by atoms with Crippen molar-refractivity contribution in [3.63, 3.8) is 0 Å². The van der Waals surface area contributed by atoms with Gasteiger partial charge in [-0.15, -0.1) is 4.91 Å². The van der Waals surface area contributed by atoms with Gasteiger partial charge < -0.3 is 4.74 Å². The molecule has 0 aliphatic rings. The van der Waals surface area contributed by atoms with Crippen LogP contribution in [0.3, 0.4) is 0 Å². The Morgan fingerprint density at radius 3 is 1.78 bits per heavy atom. The van der Waals surface area contributed by atoms with E-state index in [1.807, 2.05) is 0 Å². The topological polar surface area (TPSA) is 55.7 Å². The fourth-order valence-corrected chi connectivity index (χ4v) is 0.747. The molecule has 0 aromatic heterocycles. The molecule has 104 valence electrons. The maximum atomic E-state index is 12.3. The van der Waals surface area contributed by atoms with Gasteiger partial charge in [0.15, 0.2) is 0 Å². The van der Waals surface area contributed by atoms with Crippen molar-refractivity contribution in [3.05, 3.63) is 17.1 Å². The molecule has 0 N–H and O–H groups in total. The molecule has 0 aromatic rings. The highest BCUT2D eigenvalue weighted by Gasteiger charge is 2.74. The Morgan fingerprint density at radius 1 is 1.17 bits per heavy atom. The number of alkyl halides is 6. The zero-order chi connectivity index (χ0) is 14.8. The van der Waals surface area contributed by atoms with Gasteiger partial charge in [0.1, 0.15) is 6.61 Å². The summed E-state index contributed by atoms with van der Waals surface area (Å²) in [4.78, 5) is 20.8. The van der Waals surface area contributed by atoms with Gasteiger partial charge in [0, 0.05) is 5.57 Å². The zero-order valence-electron chi connectivity index (χ0n) is 8.85. The Balaban J connectivity index is 5.32. The van der Waals surface area contributed by atoms with Gasteiger partial charge in [-0.1, -0.05) is 6.58 Å². The number of halogens is 6. The van der Waals surface area contributed by atoms with Gasteiger partial charge >= 0.3 is 23.9 Å². The number of ether oxygens (including phenoxy) is 1. The van der Waals surface area contributed by atoms with E-state index in [1.54, 1.807) is 0 Å². The fourth-order valence-electron chi connectivity index (χ4n) is 0.747. The molecule has 0 saturated heterocycles. The maximum Gasteiger partial charge on any atom is 0.429 e. The lowest BCUT2D eigenvalue weighted by Crippen LogP contribution is -2.58. The van der Waals surface area contributed by atoms with E-state index in [9.17, 15) is 36.0 Å². The number of rotatable bonds is 4. The van der Waals surface area contributed by atoms with Gasteiger partial charge in [-0.05, 0) is 12.1 Å². The average Bonchev–Trinajstić information content (AvgIpc) is 2.14. The van der Waals surface area contributed by atoms with E-state index in [0.29, 0.717) is 0 Å². The van der Waals surface area contributed by atoms with Crippen molar-refractivity contribution in [2.24, 2.45) is 5.18 Å². The third-order valence-electron chi connectivity index (χ3n) is 1.85. The Morgan fingerprint density at radius 2 is 1.56 bits per heavy atom. The van der Waals surface area contributed by atoms with E-state index >= 15 is 0 Å². The summed E-state index contributed by atoms with van der Waals surface area (Å²) >= 11 is 0. The van der Waals surface area contributed by atoms with E-state index < -0.39 is 36.0 Å². The first kappa shape index (κ1) is 16.4. The highest BCUT2D eigenvalue weighted by atomic mass is 19.4. The second-order valence-electron chi connectivity index (χ2n) is 3.30. The number of carbonyl (C=O) groups is 1. The molecule has 0 amide bonds. The van der Waals surface area contributed by atoms with Crippen molar-refractivity contribution in [3.8, 4) is 0 Å². The molecule has 0 atom stereocenters. The third-order valence-corrected chi connectivity index (χ3v) is 1.85. The summed E-state index contributed by atoms with van der Waals surface area (Å²) in [6.45, 7) is 1.69. The van der Waals surface area contributed by atoms with Gasteiger partial charge in [-0.25, -0.2) is 4.79 Å². The Bertz CT molecular complexity index is 345. The number of esters is 1. The molecule has 0 aliphatic carbocycles. The minimum atomic E-state index is -6.04. The monoisotopic (exact) mass is 279 g/mol. The van der Waals surface area contributed by atoms with Crippen LogP contribution in [0.1, 0.15) is 6.92 Å². The lowest BCUT2D eigenvalue weighted by atomic mass is 10.0. The molecule has 0 radical (unpaired) electrons. The van der Waals surface area contributed by atoms with Gasteiger partial charge in [0.25, 0.3) is 0 Å². The van der Waals surface area contributed by atoms with Crippen LogP contribution >= 0.6 is 0 Å². The van der Waals surface area contributed by atoms with Crippen LogP contribution in [0.5, 0.6) is 0 Å². The second kappa shape index (κ2) is 4.94. The maximum absolute atomic E-state index is 12.3. The molecule has 0 rings (SSSR count). The van der Waals surface area contributed by atoms with E-state index in [0.717, 1.165) is 12.1 Å². The van der Waals surface area contributed by atoms with Crippen molar-refractivity contribution in [2.75, 3.05) is 6.61 Å². The summed E-state index contributed by atoms with van der Waals surface area (Å²) in [5, 5.41) is 1.09. The van der Waals surface area contributed by atoms with Crippen LogP contribution < -0.4 is 0 Å². The van der Waals surface area contributed by atoms with Crippen molar-refractivity contribution >= 4 is 5.97 Å². The van der Waals surface area contributed by atoms with E-state index in [-0.39, 0.29) is 0 Å². The lowest BCUT2D eigenvalue weighted by Gasteiger charge is -2.29. The first-order valence-electron chi connectivity index (χ1n) is 4.19. The fraction of sp³-hybridized carbons (Fsp3) is 0.625. The van der Waals surface area contributed by atoms with Crippen LogP contribution in [0.4, 0.5) is 26.3 Å². The first-order chi connectivity index (χ1) is 7.89. The predicted molar refractivity (Wildman–Crippen MR) is 46.4 cm³/mol. The molecular formula is C8H7F6NO3. The number of nitroso groups, excluding NO2 is 1. The molecule has 0 unspecified atom stereocenters. The summed E-state index contributed by atoms with van der Waals surface area (Å²) in [5.41, 5.74) is -5.40. The van der Waals surface area contributed by atoms with Gasteiger partial charge in [-0.2, -0.15) is 26.3 Å². The summed E-state index contributed by atoms with van der Waals surface area (Å²) in [5.74, 6) is -1.49. The summed E-state index contributed by atoms with van der Waals surface area (Å²) in [6, 6.07) is 0. The molecular weight excluding hydrogens is 272 g/mol. The average molecular weight is 279 g/mol. The van der Waals surface area contributed by atoms with Gasteiger partial charge in [0.05, 0.1) is 0 Å². The number of hydrogen-bond acceptors (Lipinski definition) is 4. The Labute approximate surface area is 96.6 Å². The molecule has 0 fully saturated rings. The Hall–Kier alpha value is -1.61. The number of nitrogens with zero attached hydrogens (tertiary/aromatic N) is 1.